The minimum Gasteiger partial charge on any atom is -0.372 e. The quantitative estimate of drug-likeness (QED) is 0.785. The summed E-state index contributed by atoms with van der Waals surface area (Å²) in [7, 11) is 0. The van der Waals surface area contributed by atoms with Crippen molar-refractivity contribution in [3.8, 4) is 0 Å². The van der Waals surface area contributed by atoms with E-state index in [1.54, 1.807) is 0 Å². The zero-order chi connectivity index (χ0) is 15.3. The molecule has 0 radical (unpaired) electrons. The van der Waals surface area contributed by atoms with Gasteiger partial charge in [-0.05, 0) is 33.2 Å². The number of thiazole rings is 1. The molecule has 0 aromatic carbocycles. The highest BCUT2D eigenvalue weighted by Crippen LogP contribution is 2.30. The number of morpholine rings is 1. The zero-order valence-corrected chi connectivity index (χ0v) is 14.7. The molecule has 1 saturated heterocycles. The first-order valence-corrected chi connectivity index (χ1v) is 8.95. The second-order valence-corrected chi connectivity index (χ2v) is 7.38. The fourth-order valence-corrected chi connectivity index (χ4v) is 3.73. The van der Waals surface area contributed by atoms with Crippen molar-refractivity contribution in [1.29, 1.82) is 0 Å². The molecule has 2 heterocycles. The maximum atomic E-state index is 5.80. The maximum Gasteiger partial charge on any atom is 0.186 e. The van der Waals surface area contributed by atoms with Crippen molar-refractivity contribution in [2.24, 2.45) is 0 Å². The number of anilines is 1. The fourth-order valence-electron chi connectivity index (χ4n) is 2.63. The predicted octanol–water partition coefficient (Wildman–Crippen LogP) is 3.21. The van der Waals surface area contributed by atoms with E-state index < -0.39 is 0 Å². The lowest BCUT2D eigenvalue weighted by Gasteiger charge is -2.38. The van der Waals surface area contributed by atoms with Gasteiger partial charge in [-0.25, -0.2) is 4.98 Å². The van der Waals surface area contributed by atoms with E-state index in [-0.39, 0.29) is 5.60 Å². The number of aromatic nitrogens is 1. The van der Waals surface area contributed by atoms with Crippen LogP contribution in [0, 0.1) is 0 Å². The van der Waals surface area contributed by atoms with E-state index in [0.717, 1.165) is 45.6 Å². The summed E-state index contributed by atoms with van der Waals surface area (Å²) in [6.07, 6.45) is 3.40. The zero-order valence-electron chi connectivity index (χ0n) is 13.9. The van der Waals surface area contributed by atoms with Crippen LogP contribution in [0.4, 0.5) is 5.13 Å². The van der Waals surface area contributed by atoms with Gasteiger partial charge in [0.05, 0.1) is 17.9 Å². The number of nitrogens with zero attached hydrogens (tertiary/aromatic N) is 2. The van der Waals surface area contributed by atoms with Crippen molar-refractivity contribution < 1.29 is 4.74 Å². The molecule has 2 rings (SSSR count). The summed E-state index contributed by atoms with van der Waals surface area (Å²) >= 11 is 1.85. The van der Waals surface area contributed by atoms with Gasteiger partial charge < -0.3 is 15.0 Å². The van der Waals surface area contributed by atoms with Gasteiger partial charge in [-0.1, -0.05) is 20.3 Å². The van der Waals surface area contributed by atoms with Gasteiger partial charge in [0.1, 0.15) is 0 Å². The Morgan fingerprint density at radius 1 is 1.33 bits per heavy atom. The normalized spacial score (nSPS) is 18.2. The molecule has 1 N–H and O–H groups in total. The lowest BCUT2D eigenvalue weighted by atomic mass is 10.1. The smallest absolute Gasteiger partial charge is 0.186 e. The Labute approximate surface area is 132 Å². The fraction of sp³-hybridized carbons (Fsp3) is 0.812. The largest absolute Gasteiger partial charge is 0.372 e. The third-order valence-electron chi connectivity index (χ3n) is 3.66. The molecule has 21 heavy (non-hydrogen) atoms. The Hall–Kier alpha value is -0.650. The molecular formula is C16H29N3OS. The van der Waals surface area contributed by atoms with Gasteiger partial charge in [0.15, 0.2) is 5.13 Å². The summed E-state index contributed by atoms with van der Waals surface area (Å²) in [5.74, 6) is 0. The molecule has 1 aliphatic heterocycles. The molecule has 120 valence electrons. The van der Waals surface area contributed by atoms with Gasteiger partial charge >= 0.3 is 0 Å². The lowest BCUT2D eigenvalue weighted by Crippen LogP contribution is -2.48. The molecule has 0 atom stereocenters. The molecule has 0 amide bonds. The Kier molecular flexibility index (Phi) is 6.02. The van der Waals surface area contributed by atoms with Gasteiger partial charge in [0, 0.05) is 24.5 Å². The van der Waals surface area contributed by atoms with E-state index in [1.807, 2.05) is 11.3 Å². The Bertz CT molecular complexity index is 445. The molecule has 1 aromatic rings. The molecule has 1 fully saturated rings. The van der Waals surface area contributed by atoms with Crippen LogP contribution in [0.5, 0.6) is 0 Å². The van der Waals surface area contributed by atoms with Gasteiger partial charge in [-0.3, -0.25) is 0 Å². The van der Waals surface area contributed by atoms with Crippen LogP contribution < -0.4 is 10.2 Å². The average Bonchev–Trinajstić information content (AvgIpc) is 2.82. The molecular weight excluding hydrogens is 282 g/mol. The highest BCUT2D eigenvalue weighted by atomic mass is 32.1. The minimum absolute atomic E-state index is 0.0739. The number of hydrogen-bond acceptors (Lipinski definition) is 5. The summed E-state index contributed by atoms with van der Waals surface area (Å²) in [6, 6.07) is 0. The Balaban J connectivity index is 2.10. The van der Waals surface area contributed by atoms with E-state index in [4.69, 9.17) is 9.72 Å². The van der Waals surface area contributed by atoms with Crippen LogP contribution in [0.3, 0.4) is 0 Å². The van der Waals surface area contributed by atoms with E-state index in [9.17, 15) is 0 Å². The first-order chi connectivity index (χ1) is 10.1. The van der Waals surface area contributed by atoms with Gasteiger partial charge in [-0.15, -0.1) is 11.3 Å². The average molecular weight is 311 g/mol. The molecule has 0 saturated carbocycles. The summed E-state index contributed by atoms with van der Waals surface area (Å²) in [5, 5.41) is 4.68. The van der Waals surface area contributed by atoms with Crippen LogP contribution >= 0.6 is 11.3 Å². The van der Waals surface area contributed by atoms with Crippen LogP contribution in [0.1, 0.15) is 51.1 Å². The van der Waals surface area contributed by atoms with Crippen molar-refractivity contribution in [3.05, 3.63) is 10.6 Å². The maximum absolute atomic E-state index is 5.80. The van der Waals surface area contributed by atoms with Crippen LogP contribution in [0.15, 0.2) is 0 Å². The van der Waals surface area contributed by atoms with Crippen LogP contribution in [-0.2, 0) is 17.7 Å². The third-order valence-corrected chi connectivity index (χ3v) is 4.82. The number of ether oxygens (including phenoxy) is 1. The molecule has 4 nitrogen and oxygen atoms in total. The van der Waals surface area contributed by atoms with Crippen LogP contribution in [-0.4, -0.2) is 36.8 Å². The number of aryl methyl sites for hydroxylation is 1. The van der Waals surface area contributed by atoms with Crippen molar-refractivity contribution in [2.45, 2.75) is 59.1 Å². The second-order valence-electron chi connectivity index (χ2n) is 6.32. The lowest BCUT2D eigenvalue weighted by molar-refractivity contribution is -0.0277. The summed E-state index contributed by atoms with van der Waals surface area (Å²) in [6.45, 7) is 13.4. The summed E-state index contributed by atoms with van der Waals surface area (Å²) in [5.41, 5.74) is 1.21. The monoisotopic (exact) mass is 311 g/mol. The first kappa shape index (κ1) is 16.7. The third kappa shape index (κ3) is 4.66. The second kappa shape index (κ2) is 7.56. The molecule has 5 heteroatoms. The Morgan fingerprint density at radius 2 is 2.14 bits per heavy atom. The van der Waals surface area contributed by atoms with Gasteiger partial charge in [-0.2, -0.15) is 0 Å². The van der Waals surface area contributed by atoms with Crippen LogP contribution in [0.25, 0.3) is 0 Å². The van der Waals surface area contributed by atoms with Crippen molar-refractivity contribution in [2.75, 3.05) is 31.1 Å². The van der Waals surface area contributed by atoms with E-state index in [2.05, 4.69) is 37.9 Å². The van der Waals surface area contributed by atoms with Crippen molar-refractivity contribution in [1.82, 2.24) is 10.3 Å². The molecule has 1 aliphatic rings. The van der Waals surface area contributed by atoms with E-state index in [1.165, 1.54) is 22.1 Å². The molecule has 0 unspecified atom stereocenters. The molecule has 0 spiro atoms. The Morgan fingerprint density at radius 3 is 2.81 bits per heavy atom. The SMILES string of the molecule is CCCNCc1sc(N2CCOC(C)(C)C2)nc1CCC. The van der Waals surface area contributed by atoms with E-state index >= 15 is 0 Å². The first-order valence-electron chi connectivity index (χ1n) is 8.14. The van der Waals surface area contributed by atoms with Crippen LogP contribution in [0.2, 0.25) is 0 Å². The topological polar surface area (TPSA) is 37.4 Å². The number of nitrogens with one attached hydrogen (secondary N) is 1. The highest BCUT2D eigenvalue weighted by molar-refractivity contribution is 7.15. The molecule has 0 aliphatic carbocycles. The molecule has 0 bridgehead atoms. The minimum atomic E-state index is -0.0739. The summed E-state index contributed by atoms with van der Waals surface area (Å²) in [4.78, 5) is 8.71. The van der Waals surface area contributed by atoms with Gasteiger partial charge in [0.25, 0.3) is 0 Å². The molecule has 1 aromatic heterocycles. The summed E-state index contributed by atoms with van der Waals surface area (Å²) < 4.78 is 5.80. The van der Waals surface area contributed by atoms with Crippen molar-refractivity contribution >= 4 is 16.5 Å². The van der Waals surface area contributed by atoms with Gasteiger partial charge in [0.2, 0.25) is 0 Å². The highest BCUT2D eigenvalue weighted by Gasteiger charge is 2.29. The predicted molar refractivity (Wildman–Crippen MR) is 90.4 cm³/mol. The standard InChI is InChI=1S/C16H29N3OS/c1-5-7-13-14(11-17-8-6-2)21-15(18-13)19-9-10-20-16(3,4)12-19/h17H,5-12H2,1-4H3. The van der Waals surface area contributed by atoms with E-state index in [0.29, 0.717) is 0 Å². The number of hydrogen-bond donors (Lipinski definition) is 1. The number of rotatable bonds is 7. The van der Waals surface area contributed by atoms with Crippen molar-refractivity contribution in [3.63, 3.8) is 0 Å².